The molecule has 1 saturated heterocycles. The molecule has 2 rings (SSSR count). The van der Waals surface area contributed by atoms with Crippen molar-refractivity contribution in [3.63, 3.8) is 0 Å². The average Bonchev–Trinajstić information content (AvgIpc) is 2.45. The molecule has 0 spiro atoms. The van der Waals surface area contributed by atoms with Crippen LogP contribution in [0.3, 0.4) is 0 Å². The quantitative estimate of drug-likeness (QED) is 0.900. The molecule has 2 N–H and O–H groups in total. The zero-order valence-electron chi connectivity index (χ0n) is 12.5. The van der Waals surface area contributed by atoms with Gasteiger partial charge in [-0.25, -0.2) is 0 Å². The average molecular weight is 261 g/mol. The lowest BCUT2D eigenvalue weighted by Crippen LogP contribution is -2.45. The van der Waals surface area contributed by atoms with Gasteiger partial charge in [0.25, 0.3) is 0 Å². The largest absolute Gasteiger partial charge is 0.329 e. The molecule has 1 heterocycles. The van der Waals surface area contributed by atoms with Gasteiger partial charge >= 0.3 is 0 Å². The highest BCUT2D eigenvalue weighted by Gasteiger charge is 2.32. The number of nitrogens with zero attached hydrogens (tertiary/aromatic N) is 2. The predicted octanol–water partition coefficient (Wildman–Crippen LogP) is 1.79. The SMILES string of the molecule is CN1CC(CN)N(Cc2ccccc2)CC(C)(C)C1. The van der Waals surface area contributed by atoms with Crippen molar-refractivity contribution in [3.05, 3.63) is 35.9 Å². The van der Waals surface area contributed by atoms with Crippen LogP contribution in [0.25, 0.3) is 0 Å². The van der Waals surface area contributed by atoms with Crippen LogP contribution in [0.4, 0.5) is 0 Å². The van der Waals surface area contributed by atoms with Gasteiger partial charge in [-0.1, -0.05) is 44.2 Å². The summed E-state index contributed by atoms with van der Waals surface area (Å²) in [4.78, 5) is 4.97. The highest BCUT2D eigenvalue weighted by atomic mass is 15.2. The van der Waals surface area contributed by atoms with E-state index in [0.717, 1.165) is 32.7 Å². The van der Waals surface area contributed by atoms with E-state index in [4.69, 9.17) is 5.73 Å². The maximum absolute atomic E-state index is 6.00. The molecular weight excluding hydrogens is 234 g/mol. The number of likely N-dealkylation sites (N-methyl/N-ethyl adjacent to an activating group) is 1. The third kappa shape index (κ3) is 4.03. The third-order valence-electron chi connectivity index (χ3n) is 3.87. The molecule has 1 aliphatic rings. The summed E-state index contributed by atoms with van der Waals surface area (Å²) in [6.45, 7) is 9.73. The number of benzene rings is 1. The fraction of sp³-hybridized carbons (Fsp3) is 0.625. The number of hydrogen-bond acceptors (Lipinski definition) is 3. The molecule has 0 aromatic heterocycles. The highest BCUT2D eigenvalue weighted by Crippen LogP contribution is 2.24. The van der Waals surface area contributed by atoms with E-state index in [0.29, 0.717) is 11.5 Å². The predicted molar refractivity (Wildman–Crippen MR) is 81.0 cm³/mol. The second-order valence-corrected chi connectivity index (χ2v) is 6.64. The maximum Gasteiger partial charge on any atom is 0.0349 e. The second kappa shape index (κ2) is 6.04. The molecule has 0 bridgehead atoms. The van der Waals surface area contributed by atoms with Crippen molar-refractivity contribution in [2.75, 3.05) is 33.2 Å². The summed E-state index contributed by atoms with van der Waals surface area (Å²) in [5.41, 5.74) is 7.69. The molecular formula is C16H27N3. The first kappa shape index (κ1) is 14.5. The minimum Gasteiger partial charge on any atom is -0.329 e. The van der Waals surface area contributed by atoms with Gasteiger partial charge in [-0.15, -0.1) is 0 Å². The molecule has 1 aliphatic heterocycles. The molecule has 3 nitrogen and oxygen atoms in total. The Morgan fingerprint density at radius 1 is 1.21 bits per heavy atom. The van der Waals surface area contributed by atoms with E-state index in [1.807, 2.05) is 0 Å². The van der Waals surface area contributed by atoms with Crippen LogP contribution in [0.1, 0.15) is 19.4 Å². The molecule has 1 aromatic rings. The van der Waals surface area contributed by atoms with Gasteiger partial charge in [-0.3, -0.25) is 4.90 Å². The van der Waals surface area contributed by atoms with Crippen molar-refractivity contribution in [1.82, 2.24) is 9.80 Å². The summed E-state index contributed by atoms with van der Waals surface area (Å²) in [7, 11) is 2.20. The first-order valence-electron chi connectivity index (χ1n) is 7.17. The van der Waals surface area contributed by atoms with Crippen molar-refractivity contribution in [2.24, 2.45) is 11.1 Å². The summed E-state index contributed by atoms with van der Waals surface area (Å²) in [6, 6.07) is 11.2. The van der Waals surface area contributed by atoms with Gasteiger partial charge in [0.2, 0.25) is 0 Å². The van der Waals surface area contributed by atoms with Crippen LogP contribution in [0.5, 0.6) is 0 Å². The van der Waals surface area contributed by atoms with E-state index in [9.17, 15) is 0 Å². The van der Waals surface area contributed by atoms with Gasteiger partial charge in [0.15, 0.2) is 0 Å². The van der Waals surface area contributed by atoms with E-state index in [1.165, 1.54) is 5.56 Å². The molecule has 3 heteroatoms. The monoisotopic (exact) mass is 261 g/mol. The number of hydrogen-bond donors (Lipinski definition) is 1. The first-order valence-corrected chi connectivity index (χ1v) is 7.17. The number of nitrogens with two attached hydrogens (primary N) is 1. The van der Waals surface area contributed by atoms with Crippen LogP contribution in [0.15, 0.2) is 30.3 Å². The van der Waals surface area contributed by atoms with E-state index >= 15 is 0 Å². The van der Waals surface area contributed by atoms with Gasteiger partial charge < -0.3 is 10.6 Å². The molecule has 0 amide bonds. The first-order chi connectivity index (χ1) is 9.00. The maximum atomic E-state index is 6.00. The summed E-state index contributed by atoms with van der Waals surface area (Å²) < 4.78 is 0. The minimum absolute atomic E-state index is 0.313. The van der Waals surface area contributed by atoms with Crippen LogP contribution in [0.2, 0.25) is 0 Å². The molecule has 106 valence electrons. The van der Waals surface area contributed by atoms with E-state index in [2.05, 4.69) is 61.0 Å². The smallest absolute Gasteiger partial charge is 0.0349 e. The fourth-order valence-electron chi connectivity index (χ4n) is 3.23. The Labute approximate surface area is 117 Å². The number of rotatable bonds is 3. The van der Waals surface area contributed by atoms with E-state index < -0.39 is 0 Å². The van der Waals surface area contributed by atoms with Gasteiger partial charge in [0.1, 0.15) is 0 Å². The Morgan fingerprint density at radius 3 is 2.53 bits per heavy atom. The lowest BCUT2D eigenvalue weighted by atomic mass is 9.92. The van der Waals surface area contributed by atoms with Crippen molar-refractivity contribution in [2.45, 2.75) is 26.4 Å². The van der Waals surface area contributed by atoms with Crippen LogP contribution in [-0.4, -0.2) is 49.1 Å². The third-order valence-corrected chi connectivity index (χ3v) is 3.87. The minimum atomic E-state index is 0.313. The summed E-state index contributed by atoms with van der Waals surface area (Å²) >= 11 is 0. The van der Waals surface area contributed by atoms with Gasteiger partial charge in [-0.2, -0.15) is 0 Å². The highest BCUT2D eigenvalue weighted by molar-refractivity contribution is 5.14. The molecule has 1 fully saturated rings. The lowest BCUT2D eigenvalue weighted by Gasteiger charge is -2.33. The van der Waals surface area contributed by atoms with E-state index in [1.54, 1.807) is 0 Å². The Bertz CT molecular complexity index is 388. The Morgan fingerprint density at radius 2 is 1.89 bits per heavy atom. The topological polar surface area (TPSA) is 32.5 Å². The van der Waals surface area contributed by atoms with Crippen molar-refractivity contribution >= 4 is 0 Å². The molecule has 0 radical (unpaired) electrons. The normalized spacial score (nSPS) is 25.2. The fourth-order valence-corrected chi connectivity index (χ4v) is 3.23. The van der Waals surface area contributed by atoms with Gasteiger partial charge in [0.05, 0.1) is 0 Å². The van der Waals surface area contributed by atoms with Crippen LogP contribution in [-0.2, 0) is 6.54 Å². The summed E-state index contributed by atoms with van der Waals surface area (Å²) in [5.74, 6) is 0. The standard InChI is InChI=1S/C16H27N3/c1-16(2)12-18(3)11-15(9-17)19(13-16)10-14-7-5-4-6-8-14/h4-8,15H,9-13,17H2,1-3H3. The Hall–Kier alpha value is -0.900. The Kier molecular flexibility index (Phi) is 4.61. The van der Waals surface area contributed by atoms with E-state index in [-0.39, 0.29) is 0 Å². The molecule has 1 unspecified atom stereocenters. The molecule has 19 heavy (non-hydrogen) atoms. The molecule has 1 aromatic carbocycles. The van der Waals surface area contributed by atoms with Crippen molar-refractivity contribution in [3.8, 4) is 0 Å². The molecule has 0 aliphatic carbocycles. The zero-order chi connectivity index (χ0) is 13.9. The second-order valence-electron chi connectivity index (χ2n) is 6.64. The zero-order valence-corrected chi connectivity index (χ0v) is 12.5. The van der Waals surface area contributed by atoms with Crippen LogP contribution >= 0.6 is 0 Å². The summed E-state index contributed by atoms with van der Waals surface area (Å²) in [6.07, 6.45) is 0. The Balaban J connectivity index is 2.14. The van der Waals surface area contributed by atoms with Crippen LogP contribution < -0.4 is 5.73 Å². The van der Waals surface area contributed by atoms with Crippen LogP contribution in [0, 0.1) is 5.41 Å². The van der Waals surface area contributed by atoms with Crippen molar-refractivity contribution < 1.29 is 0 Å². The molecule has 1 atom stereocenters. The lowest BCUT2D eigenvalue weighted by molar-refractivity contribution is 0.152. The summed E-state index contributed by atoms with van der Waals surface area (Å²) in [5, 5.41) is 0. The molecule has 0 saturated carbocycles. The van der Waals surface area contributed by atoms with Gasteiger partial charge in [0, 0.05) is 38.8 Å². The van der Waals surface area contributed by atoms with Crippen molar-refractivity contribution in [1.29, 1.82) is 0 Å². The van der Waals surface area contributed by atoms with Gasteiger partial charge in [-0.05, 0) is 18.0 Å².